The van der Waals surface area contributed by atoms with Crippen LogP contribution in [0.1, 0.15) is 18.9 Å². The quantitative estimate of drug-likeness (QED) is 0.381. The maximum Gasteiger partial charge on any atom is 0.239 e. The standard InChI is InChI=1S/C21H18N6OS2/c1-3-15(19(28)25-20-23-14-9-8-11(2)10-16(14)30-20)29-21-24-18-17(26-27-21)12-6-4-5-7-13(12)22-18/h4-10,15H,3H2,1-2H3,(H,22,24,27)(H,23,25,28). The number of aryl methyl sites for hydroxylation is 1. The summed E-state index contributed by atoms with van der Waals surface area (Å²) in [7, 11) is 0. The SMILES string of the molecule is CCC(Sc1nnc2c(n1)[nH]c1ccccc12)C(=O)Nc1nc2ccc(C)cc2s1. The minimum Gasteiger partial charge on any atom is -0.338 e. The fourth-order valence-corrected chi connectivity index (χ4v) is 5.06. The summed E-state index contributed by atoms with van der Waals surface area (Å²) in [6.07, 6.45) is 0.634. The van der Waals surface area contributed by atoms with Gasteiger partial charge in [0.15, 0.2) is 10.8 Å². The van der Waals surface area contributed by atoms with Gasteiger partial charge in [-0.3, -0.25) is 4.79 Å². The molecule has 3 aromatic heterocycles. The van der Waals surface area contributed by atoms with Crippen molar-refractivity contribution in [2.24, 2.45) is 0 Å². The average Bonchev–Trinajstić information content (AvgIpc) is 3.31. The highest BCUT2D eigenvalue weighted by Crippen LogP contribution is 2.29. The molecule has 1 amide bonds. The van der Waals surface area contributed by atoms with E-state index in [2.05, 4.69) is 36.5 Å². The van der Waals surface area contributed by atoms with Crippen molar-refractivity contribution < 1.29 is 4.79 Å². The molecule has 2 N–H and O–H groups in total. The summed E-state index contributed by atoms with van der Waals surface area (Å²) >= 11 is 2.79. The van der Waals surface area contributed by atoms with Gasteiger partial charge in [0.05, 0.1) is 15.5 Å². The van der Waals surface area contributed by atoms with Crippen LogP contribution in [0.3, 0.4) is 0 Å². The van der Waals surface area contributed by atoms with E-state index < -0.39 is 0 Å². The second-order valence-electron chi connectivity index (χ2n) is 6.96. The highest BCUT2D eigenvalue weighted by atomic mass is 32.2. The fraction of sp³-hybridized carbons (Fsp3) is 0.190. The molecule has 5 aromatic rings. The molecule has 5 rings (SSSR count). The number of anilines is 1. The largest absolute Gasteiger partial charge is 0.338 e. The van der Waals surface area contributed by atoms with Crippen LogP contribution in [0.2, 0.25) is 0 Å². The number of para-hydroxylation sites is 1. The number of H-pyrrole nitrogens is 1. The third-order valence-corrected chi connectivity index (χ3v) is 6.94. The van der Waals surface area contributed by atoms with E-state index in [0.29, 0.717) is 22.4 Å². The second kappa shape index (κ2) is 7.66. The normalized spacial score (nSPS) is 12.6. The van der Waals surface area contributed by atoms with E-state index in [-0.39, 0.29) is 11.2 Å². The van der Waals surface area contributed by atoms with Crippen molar-refractivity contribution in [1.29, 1.82) is 0 Å². The Morgan fingerprint density at radius 2 is 2.07 bits per heavy atom. The topological polar surface area (TPSA) is 96.5 Å². The number of nitrogens with zero attached hydrogens (tertiary/aromatic N) is 4. The molecule has 0 saturated heterocycles. The van der Waals surface area contributed by atoms with E-state index >= 15 is 0 Å². The van der Waals surface area contributed by atoms with Gasteiger partial charge in [0.1, 0.15) is 5.52 Å². The number of carbonyl (C=O) groups excluding carboxylic acids is 1. The lowest BCUT2D eigenvalue weighted by Crippen LogP contribution is -2.24. The number of thioether (sulfide) groups is 1. The molecule has 0 spiro atoms. The Hall–Kier alpha value is -3.04. The zero-order chi connectivity index (χ0) is 20.7. The predicted molar refractivity (Wildman–Crippen MR) is 122 cm³/mol. The number of rotatable bonds is 5. The molecule has 0 saturated carbocycles. The summed E-state index contributed by atoms with van der Waals surface area (Å²) in [5, 5.41) is 13.2. The number of benzene rings is 2. The van der Waals surface area contributed by atoms with Crippen molar-refractivity contribution >= 4 is 66.4 Å². The first kappa shape index (κ1) is 19.0. The summed E-state index contributed by atoms with van der Waals surface area (Å²) in [6, 6.07) is 13.9. The van der Waals surface area contributed by atoms with Gasteiger partial charge in [0.25, 0.3) is 0 Å². The van der Waals surface area contributed by atoms with Crippen molar-refractivity contribution in [2.75, 3.05) is 5.32 Å². The highest BCUT2D eigenvalue weighted by Gasteiger charge is 2.22. The van der Waals surface area contributed by atoms with Crippen molar-refractivity contribution in [3.63, 3.8) is 0 Å². The van der Waals surface area contributed by atoms with Gasteiger partial charge < -0.3 is 10.3 Å². The zero-order valence-electron chi connectivity index (χ0n) is 16.3. The van der Waals surface area contributed by atoms with Gasteiger partial charge in [-0.25, -0.2) is 9.97 Å². The lowest BCUT2D eigenvalue weighted by atomic mass is 10.2. The van der Waals surface area contributed by atoms with E-state index in [1.165, 1.54) is 28.7 Å². The lowest BCUT2D eigenvalue weighted by molar-refractivity contribution is -0.115. The van der Waals surface area contributed by atoms with E-state index in [9.17, 15) is 4.79 Å². The summed E-state index contributed by atoms with van der Waals surface area (Å²) in [4.78, 5) is 25.2. The van der Waals surface area contributed by atoms with Crippen LogP contribution in [-0.2, 0) is 4.79 Å². The first-order valence-corrected chi connectivity index (χ1v) is 11.3. The maximum absolute atomic E-state index is 12.8. The first-order chi connectivity index (χ1) is 14.6. The Balaban J connectivity index is 1.36. The smallest absolute Gasteiger partial charge is 0.239 e. The third-order valence-electron chi connectivity index (χ3n) is 4.79. The molecule has 150 valence electrons. The van der Waals surface area contributed by atoms with E-state index in [0.717, 1.165) is 26.6 Å². The Kier molecular flexibility index (Phi) is 4.84. The average molecular weight is 435 g/mol. The Morgan fingerprint density at radius 3 is 2.93 bits per heavy atom. The maximum atomic E-state index is 12.8. The molecule has 1 atom stereocenters. The van der Waals surface area contributed by atoms with Crippen molar-refractivity contribution in [1.82, 2.24) is 25.1 Å². The van der Waals surface area contributed by atoms with Gasteiger partial charge in [-0.15, -0.1) is 10.2 Å². The van der Waals surface area contributed by atoms with Crippen molar-refractivity contribution in [3.05, 3.63) is 48.0 Å². The Bertz CT molecular complexity index is 1390. The second-order valence-corrected chi connectivity index (χ2v) is 9.16. The molecular formula is C21H18N6OS2. The van der Waals surface area contributed by atoms with Crippen LogP contribution in [0.25, 0.3) is 32.3 Å². The molecule has 2 aromatic carbocycles. The molecule has 0 aliphatic heterocycles. The summed E-state index contributed by atoms with van der Waals surface area (Å²) in [5.41, 5.74) is 4.43. The van der Waals surface area contributed by atoms with Gasteiger partial charge in [-0.2, -0.15) is 0 Å². The molecule has 0 aliphatic rings. The van der Waals surface area contributed by atoms with E-state index in [1.807, 2.05) is 50.2 Å². The van der Waals surface area contributed by atoms with Crippen LogP contribution in [0.4, 0.5) is 5.13 Å². The molecule has 0 bridgehead atoms. The van der Waals surface area contributed by atoms with Gasteiger partial charge in [-0.05, 0) is 37.1 Å². The van der Waals surface area contributed by atoms with Gasteiger partial charge in [0, 0.05) is 10.9 Å². The van der Waals surface area contributed by atoms with Crippen LogP contribution in [-0.4, -0.2) is 36.3 Å². The number of aromatic amines is 1. The van der Waals surface area contributed by atoms with Crippen LogP contribution in [0.15, 0.2) is 47.6 Å². The van der Waals surface area contributed by atoms with Crippen LogP contribution in [0, 0.1) is 6.92 Å². The zero-order valence-corrected chi connectivity index (χ0v) is 18.0. The molecule has 9 heteroatoms. The van der Waals surface area contributed by atoms with Crippen LogP contribution in [0.5, 0.6) is 0 Å². The fourth-order valence-electron chi connectivity index (χ4n) is 3.28. The minimum absolute atomic E-state index is 0.112. The number of carbonyl (C=O) groups is 1. The predicted octanol–water partition coefficient (Wildman–Crippen LogP) is 4.93. The molecular weight excluding hydrogens is 416 g/mol. The Morgan fingerprint density at radius 1 is 1.20 bits per heavy atom. The lowest BCUT2D eigenvalue weighted by Gasteiger charge is -2.11. The summed E-state index contributed by atoms with van der Waals surface area (Å²) < 4.78 is 1.06. The number of hydrogen-bond donors (Lipinski definition) is 2. The number of nitrogens with one attached hydrogen (secondary N) is 2. The Labute approximate surface area is 180 Å². The van der Waals surface area contributed by atoms with Gasteiger partial charge >= 0.3 is 0 Å². The molecule has 30 heavy (non-hydrogen) atoms. The summed E-state index contributed by atoms with van der Waals surface area (Å²) in [6.45, 7) is 4.01. The first-order valence-electron chi connectivity index (χ1n) is 9.56. The number of aromatic nitrogens is 5. The molecule has 0 fully saturated rings. The minimum atomic E-state index is -0.345. The van der Waals surface area contributed by atoms with Gasteiger partial charge in [-0.1, -0.05) is 54.3 Å². The number of thiazole rings is 1. The van der Waals surface area contributed by atoms with Crippen molar-refractivity contribution in [2.45, 2.75) is 30.7 Å². The number of hydrogen-bond acceptors (Lipinski definition) is 7. The highest BCUT2D eigenvalue weighted by molar-refractivity contribution is 8.00. The van der Waals surface area contributed by atoms with E-state index in [1.54, 1.807) is 0 Å². The van der Waals surface area contributed by atoms with Gasteiger partial charge in [0.2, 0.25) is 11.1 Å². The van der Waals surface area contributed by atoms with Crippen molar-refractivity contribution in [3.8, 4) is 0 Å². The van der Waals surface area contributed by atoms with Crippen LogP contribution < -0.4 is 5.32 Å². The molecule has 1 unspecified atom stereocenters. The molecule has 0 radical (unpaired) electrons. The monoisotopic (exact) mass is 434 g/mol. The van der Waals surface area contributed by atoms with E-state index in [4.69, 9.17) is 0 Å². The van der Waals surface area contributed by atoms with Crippen LogP contribution >= 0.6 is 23.1 Å². The molecule has 7 nitrogen and oxygen atoms in total. The molecule has 3 heterocycles. The number of fused-ring (bicyclic) bond motifs is 4. The number of amides is 1. The summed E-state index contributed by atoms with van der Waals surface area (Å²) in [5.74, 6) is -0.112. The molecule has 0 aliphatic carbocycles. The third kappa shape index (κ3) is 3.50.